The maximum Gasteiger partial charge on any atom is 0.337 e. The SMILES string of the molecule is CCC1CN2CC[C@@]3(O)C(=Nc4ccccc43)C2CC1/C(=C\OC)C(=O)OC. The number of piperidine rings is 2. The number of esters is 1. The van der Waals surface area contributed by atoms with Crippen LogP contribution < -0.4 is 0 Å². The van der Waals surface area contributed by atoms with Crippen molar-refractivity contribution in [3.8, 4) is 0 Å². The van der Waals surface area contributed by atoms with Gasteiger partial charge in [0.25, 0.3) is 0 Å². The van der Waals surface area contributed by atoms with Crippen LogP contribution in [0, 0.1) is 11.8 Å². The molecule has 0 aromatic heterocycles. The van der Waals surface area contributed by atoms with Crippen molar-refractivity contribution in [1.29, 1.82) is 0 Å². The lowest BCUT2D eigenvalue weighted by molar-refractivity contribution is -0.137. The molecule has 4 rings (SSSR count). The zero-order valence-electron chi connectivity index (χ0n) is 16.7. The van der Waals surface area contributed by atoms with Gasteiger partial charge in [0.15, 0.2) is 0 Å². The molecule has 6 nitrogen and oxygen atoms in total. The topological polar surface area (TPSA) is 71.4 Å². The second kappa shape index (κ2) is 7.33. The molecule has 2 saturated heterocycles. The molecule has 3 unspecified atom stereocenters. The van der Waals surface area contributed by atoms with E-state index in [0.29, 0.717) is 17.9 Å². The van der Waals surface area contributed by atoms with Gasteiger partial charge in [0.1, 0.15) is 5.60 Å². The zero-order valence-corrected chi connectivity index (χ0v) is 16.7. The van der Waals surface area contributed by atoms with Crippen molar-refractivity contribution in [2.45, 2.75) is 37.8 Å². The summed E-state index contributed by atoms with van der Waals surface area (Å²) in [4.78, 5) is 19.7. The van der Waals surface area contributed by atoms with Crippen molar-refractivity contribution < 1.29 is 19.4 Å². The molecule has 2 fully saturated rings. The average molecular weight is 384 g/mol. The van der Waals surface area contributed by atoms with Crippen molar-refractivity contribution in [3.63, 3.8) is 0 Å². The number of hydrogen-bond acceptors (Lipinski definition) is 6. The number of fused-ring (bicyclic) bond motifs is 5. The monoisotopic (exact) mass is 384 g/mol. The largest absolute Gasteiger partial charge is 0.504 e. The fraction of sp³-hybridized carbons (Fsp3) is 0.545. The van der Waals surface area contributed by atoms with Gasteiger partial charge in [0.2, 0.25) is 0 Å². The Morgan fingerprint density at radius 2 is 2.18 bits per heavy atom. The number of ether oxygens (including phenoxy) is 2. The van der Waals surface area contributed by atoms with Gasteiger partial charge in [0.05, 0.1) is 43.5 Å². The standard InChI is InChI=1S/C22H28N2O4/c1-4-14-12-24-10-9-22(26)17-7-5-6-8-18(17)23-20(22)19(24)11-15(14)16(13-27-2)21(25)28-3/h5-8,13-15,19,26H,4,9-12H2,1-3H3/b16-13+/t14?,15?,19?,22-/m0/s1. The molecule has 4 atom stereocenters. The number of carbonyl (C=O) groups excluding carboxylic acids is 1. The Morgan fingerprint density at radius 1 is 1.39 bits per heavy atom. The molecule has 1 aromatic carbocycles. The molecule has 0 amide bonds. The Hall–Kier alpha value is -2.18. The molecule has 1 aromatic rings. The molecule has 0 spiro atoms. The number of methoxy groups -OCH3 is 2. The van der Waals surface area contributed by atoms with Gasteiger partial charge in [-0.1, -0.05) is 31.5 Å². The predicted molar refractivity (Wildman–Crippen MR) is 106 cm³/mol. The van der Waals surface area contributed by atoms with Gasteiger partial charge in [-0.25, -0.2) is 4.79 Å². The molecular weight excluding hydrogens is 356 g/mol. The maximum absolute atomic E-state index is 12.4. The summed E-state index contributed by atoms with van der Waals surface area (Å²) >= 11 is 0. The molecule has 3 aliphatic heterocycles. The van der Waals surface area contributed by atoms with Gasteiger partial charge in [-0.3, -0.25) is 9.89 Å². The number of rotatable bonds is 4. The Bertz CT molecular complexity index is 834. The number of carbonyl (C=O) groups is 1. The summed E-state index contributed by atoms with van der Waals surface area (Å²) in [6.45, 7) is 3.84. The van der Waals surface area contributed by atoms with E-state index in [1.54, 1.807) is 7.11 Å². The van der Waals surface area contributed by atoms with Gasteiger partial charge in [-0.2, -0.15) is 0 Å². The molecule has 3 aliphatic rings. The van der Waals surface area contributed by atoms with E-state index in [4.69, 9.17) is 14.5 Å². The van der Waals surface area contributed by atoms with E-state index in [1.807, 2.05) is 24.3 Å². The van der Waals surface area contributed by atoms with E-state index in [1.165, 1.54) is 13.4 Å². The van der Waals surface area contributed by atoms with E-state index in [0.717, 1.165) is 42.9 Å². The first kappa shape index (κ1) is 19.2. The highest BCUT2D eigenvalue weighted by atomic mass is 16.5. The maximum atomic E-state index is 12.4. The lowest BCUT2D eigenvalue weighted by Crippen LogP contribution is -2.60. The number of para-hydroxylation sites is 1. The highest BCUT2D eigenvalue weighted by Crippen LogP contribution is 2.48. The third-order valence-corrected chi connectivity index (χ3v) is 6.64. The van der Waals surface area contributed by atoms with Gasteiger partial charge in [0, 0.05) is 18.7 Å². The van der Waals surface area contributed by atoms with E-state index in [-0.39, 0.29) is 17.9 Å². The van der Waals surface area contributed by atoms with Crippen LogP contribution in [0.25, 0.3) is 0 Å². The van der Waals surface area contributed by atoms with Crippen molar-refractivity contribution in [1.82, 2.24) is 4.90 Å². The van der Waals surface area contributed by atoms with E-state index >= 15 is 0 Å². The first-order valence-corrected chi connectivity index (χ1v) is 9.99. The van der Waals surface area contributed by atoms with Crippen LogP contribution in [0.2, 0.25) is 0 Å². The van der Waals surface area contributed by atoms with Crippen LogP contribution in [0.3, 0.4) is 0 Å². The fourth-order valence-corrected chi connectivity index (χ4v) is 5.20. The molecule has 6 heteroatoms. The van der Waals surface area contributed by atoms with E-state index in [9.17, 15) is 9.90 Å². The second-order valence-corrected chi connectivity index (χ2v) is 7.95. The summed E-state index contributed by atoms with van der Waals surface area (Å²) in [5.41, 5.74) is 2.15. The molecule has 0 bridgehead atoms. The van der Waals surface area contributed by atoms with Crippen molar-refractivity contribution >= 4 is 17.4 Å². The number of aliphatic hydroxyl groups is 1. The highest BCUT2D eigenvalue weighted by molar-refractivity contribution is 6.04. The van der Waals surface area contributed by atoms with Crippen LogP contribution >= 0.6 is 0 Å². The molecule has 3 heterocycles. The van der Waals surface area contributed by atoms with Crippen LogP contribution in [0.1, 0.15) is 31.7 Å². The molecule has 150 valence electrons. The van der Waals surface area contributed by atoms with Crippen molar-refractivity contribution in [2.24, 2.45) is 16.8 Å². The predicted octanol–water partition coefficient (Wildman–Crippen LogP) is 2.78. The third kappa shape index (κ3) is 2.86. The number of nitrogens with zero attached hydrogens (tertiary/aromatic N) is 2. The lowest BCUT2D eigenvalue weighted by Gasteiger charge is -2.50. The zero-order chi connectivity index (χ0) is 19.9. The molecule has 0 saturated carbocycles. The Kier molecular flexibility index (Phi) is 5.02. The van der Waals surface area contributed by atoms with Gasteiger partial charge < -0.3 is 14.6 Å². The average Bonchev–Trinajstić information content (AvgIpc) is 3.03. The van der Waals surface area contributed by atoms with Crippen LogP contribution in [-0.2, 0) is 19.9 Å². The Balaban J connectivity index is 1.70. The second-order valence-electron chi connectivity index (χ2n) is 7.95. The van der Waals surface area contributed by atoms with Crippen molar-refractivity contribution in [3.05, 3.63) is 41.7 Å². The first-order valence-electron chi connectivity index (χ1n) is 9.99. The quantitative estimate of drug-likeness (QED) is 0.491. The molecule has 0 aliphatic carbocycles. The number of aliphatic imine (C=N–C) groups is 1. The molecule has 28 heavy (non-hydrogen) atoms. The molecular formula is C22H28N2O4. The summed E-state index contributed by atoms with van der Waals surface area (Å²) in [5, 5.41) is 11.5. The smallest absolute Gasteiger partial charge is 0.337 e. The normalized spacial score (nSPS) is 32.1. The Labute approximate surface area is 165 Å². The van der Waals surface area contributed by atoms with Gasteiger partial charge >= 0.3 is 5.97 Å². The number of benzene rings is 1. The van der Waals surface area contributed by atoms with E-state index < -0.39 is 5.60 Å². The van der Waals surface area contributed by atoms with Crippen molar-refractivity contribution in [2.75, 3.05) is 27.3 Å². The van der Waals surface area contributed by atoms with Gasteiger partial charge in [-0.05, 0) is 30.7 Å². The van der Waals surface area contributed by atoms with E-state index in [2.05, 4.69) is 11.8 Å². The summed E-state index contributed by atoms with van der Waals surface area (Å²) in [7, 11) is 2.95. The van der Waals surface area contributed by atoms with Crippen LogP contribution in [0.4, 0.5) is 5.69 Å². The third-order valence-electron chi connectivity index (χ3n) is 6.64. The summed E-state index contributed by atoms with van der Waals surface area (Å²) in [6.07, 6.45) is 3.86. The minimum Gasteiger partial charge on any atom is -0.504 e. The highest BCUT2D eigenvalue weighted by Gasteiger charge is 2.53. The van der Waals surface area contributed by atoms with Crippen LogP contribution in [-0.4, -0.2) is 55.0 Å². The van der Waals surface area contributed by atoms with Crippen LogP contribution in [0.5, 0.6) is 0 Å². The van der Waals surface area contributed by atoms with Gasteiger partial charge in [-0.15, -0.1) is 0 Å². The molecule has 1 N–H and O–H groups in total. The minimum atomic E-state index is -1.00. The molecule has 0 radical (unpaired) electrons. The summed E-state index contributed by atoms with van der Waals surface area (Å²) in [6, 6.07) is 7.84. The minimum absolute atomic E-state index is 0.00358. The van der Waals surface area contributed by atoms with Crippen LogP contribution in [0.15, 0.2) is 41.1 Å². The first-order chi connectivity index (χ1) is 13.5. The Morgan fingerprint density at radius 3 is 2.89 bits per heavy atom. The number of hydrogen-bond donors (Lipinski definition) is 1. The lowest BCUT2D eigenvalue weighted by atomic mass is 9.70. The summed E-state index contributed by atoms with van der Waals surface area (Å²) < 4.78 is 10.2. The summed E-state index contributed by atoms with van der Waals surface area (Å²) in [5.74, 6) is -0.0128. The fourth-order valence-electron chi connectivity index (χ4n) is 5.20.